The number of methoxy groups -OCH3 is 1. The Labute approximate surface area is 220 Å². The van der Waals surface area contributed by atoms with Gasteiger partial charge in [0.05, 0.1) is 17.5 Å². The molecule has 0 bridgehead atoms. The van der Waals surface area contributed by atoms with Gasteiger partial charge in [0.15, 0.2) is 5.60 Å². The third-order valence-corrected chi connectivity index (χ3v) is 7.59. The summed E-state index contributed by atoms with van der Waals surface area (Å²) in [7, 11) is 1.65. The maximum Gasteiger partial charge on any atom is 0.270 e. The van der Waals surface area contributed by atoms with Crippen molar-refractivity contribution in [2.75, 3.05) is 43.2 Å². The van der Waals surface area contributed by atoms with Gasteiger partial charge in [-0.05, 0) is 71.1 Å². The standard InChI is InChI=1S/C28H42N4O5/c1-6-18(2)30-25(33)19-14-20(17-29-16-19)26(34)32(21-8-9-21)22-10-11-24-23(15-22)31(12-7-13-36-5)27(35)28(3,4)37-24/h10-11,15,18-21,29H,6-9,12-14,16-17H2,1-5H3,(H,30,33)/t18-,19+,20-/m1/s1. The molecule has 2 aliphatic heterocycles. The summed E-state index contributed by atoms with van der Waals surface area (Å²) in [4.78, 5) is 43.5. The quantitative estimate of drug-likeness (QED) is 0.466. The smallest absolute Gasteiger partial charge is 0.270 e. The Kier molecular flexibility index (Phi) is 8.43. The first-order chi connectivity index (χ1) is 17.7. The van der Waals surface area contributed by atoms with Crippen molar-refractivity contribution in [3.05, 3.63) is 18.2 Å². The maximum atomic E-state index is 13.9. The van der Waals surface area contributed by atoms with Gasteiger partial charge in [-0.3, -0.25) is 14.4 Å². The molecule has 3 atom stereocenters. The van der Waals surface area contributed by atoms with E-state index in [-0.39, 0.29) is 41.6 Å². The highest BCUT2D eigenvalue weighted by atomic mass is 16.5. The second-order valence-electron chi connectivity index (χ2n) is 11.1. The summed E-state index contributed by atoms with van der Waals surface area (Å²) in [6.07, 6.45) is 3.98. The summed E-state index contributed by atoms with van der Waals surface area (Å²) in [6, 6.07) is 5.95. The Balaban J connectivity index is 1.57. The van der Waals surface area contributed by atoms with E-state index in [1.165, 1.54) is 0 Å². The zero-order valence-corrected chi connectivity index (χ0v) is 22.8. The normalized spacial score (nSPS) is 23.6. The van der Waals surface area contributed by atoms with E-state index in [1.54, 1.807) is 25.9 Å². The van der Waals surface area contributed by atoms with Crippen LogP contribution in [0.4, 0.5) is 11.4 Å². The summed E-state index contributed by atoms with van der Waals surface area (Å²) < 4.78 is 11.3. The zero-order valence-electron chi connectivity index (χ0n) is 22.8. The van der Waals surface area contributed by atoms with Crippen LogP contribution in [-0.4, -0.2) is 68.8 Å². The SMILES string of the molecule is CC[C@@H](C)NC(=O)[C@@H]1CNC[C@H](C(=O)N(c2ccc3c(c2)N(CCCOC)C(=O)C(C)(C)O3)C2CC2)C1. The second-order valence-corrected chi connectivity index (χ2v) is 11.1. The van der Waals surface area contributed by atoms with Gasteiger partial charge in [-0.15, -0.1) is 0 Å². The van der Waals surface area contributed by atoms with Gasteiger partial charge < -0.3 is 29.9 Å². The number of piperidine rings is 1. The molecule has 0 aromatic heterocycles. The number of amides is 3. The van der Waals surface area contributed by atoms with E-state index in [1.807, 2.05) is 36.9 Å². The van der Waals surface area contributed by atoms with Crippen LogP contribution in [0.5, 0.6) is 5.75 Å². The number of nitrogens with one attached hydrogen (secondary N) is 2. The molecule has 204 valence electrons. The van der Waals surface area contributed by atoms with Crippen LogP contribution < -0.4 is 25.2 Å². The van der Waals surface area contributed by atoms with E-state index >= 15 is 0 Å². The third kappa shape index (κ3) is 6.09. The second kappa shape index (κ2) is 11.4. The lowest BCUT2D eigenvalue weighted by molar-refractivity contribution is -0.132. The van der Waals surface area contributed by atoms with Gasteiger partial charge in [0, 0.05) is 51.1 Å². The summed E-state index contributed by atoms with van der Waals surface area (Å²) in [5.74, 6) is 0.0548. The highest BCUT2D eigenvalue weighted by Crippen LogP contribution is 2.43. The fourth-order valence-corrected chi connectivity index (χ4v) is 5.13. The monoisotopic (exact) mass is 514 g/mol. The Morgan fingerprint density at radius 1 is 1.27 bits per heavy atom. The van der Waals surface area contributed by atoms with E-state index in [2.05, 4.69) is 10.6 Å². The molecule has 2 heterocycles. The fourth-order valence-electron chi connectivity index (χ4n) is 5.13. The van der Waals surface area contributed by atoms with Gasteiger partial charge in [0.1, 0.15) is 5.75 Å². The molecule has 1 saturated carbocycles. The Hall–Kier alpha value is -2.65. The van der Waals surface area contributed by atoms with Crippen LogP contribution >= 0.6 is 0 Å². The predicted molar refractivity (Wildman–Crippen MR) is 143 cm³/mol. The van der Waals surface area contributed by atoms with E-state index in [4.69, 9.17) is 9.47 Å². The van der Waals surface area contributed by atoms with Gasteiger partial charge in [-0.1, -0.05) is 6.92 Å². The fraction of sp³-hybridized carbons (Fsp3) is 0.679. The molecule has 37 heavy (non-hydrogen) atoms. The highest BCUT2D eigenvalue weighted by molar-refractivity contribution is 6.04. The van der Waals surface area contributed by atoms with Crippen molar-refractivity contribution in [1.82, 2.24) is 10.6 Å². The number of fused-ring (bicyclic) bond motifs is 1. The lowest BCUT2D eigenvalue weighted by atomic mass is 9.88. The van der Waals surface area contributed by atoms with Crippen LogP contribution in [0.2, 0.25) is 0 Å². The minimum absolute atomic E-state index is 0.0103. The van der Waals surface area contributed by atoms with Gasteiger partial charge in [0.2, 0.25) is 11.8 Å². The van der Waals surface area contributed by atoms with Crippen molar-refractivity contribution in [3.63, 3.8) is 0 Å². The number of nitrogens with zero attached hydrogens (tertiary/aromatic N) is 2. The molecule has 3 amide bonds. The van der Waals surface area contributed by atoms with Gasteiger partial charge in [-0.25, -0.2) is 0 Å². The number of hydrogen-bond donors (Lipinski definition) is 2. The van der Waals surface area contributed by atoms with E-state index in [9.17, 15) is 14.4 Å². The summed E-state index contributed by atoms with van der Waals surface area (Å²) in [6.45, 7) is 9.79. The summed E-state index contributed by atoms with van der Waals surface area (Å²) in [5.41, 5.74) is 0.487. The van der Waals surface area contributed by atoms with Gasteiger partial charge in [0.25, 0.3) is 5.91 Å². The molecular formula is C28H42N4O5. The summed E-state index contributed by atoms with van der Waals surface area (Å²) in [5, 5.41) is 6.37. The molecule has 2 N–H and O–H groups in total. The Morgan fingerprint density at radius 2 is 2.00 bits per heavy atom. The lowest BCUT2D eigenvalue weighted by Gasteiger charge is -2.39. The van der Waals surface area contributed by atoms with Crippen LogP contribution in [0.1, 0.15) is 59.8 Å². The first-order valence-corrected chi connectivity index (χ1v) is 13.6. The summed E-state index contributed by atoms with van der Waals surface area (Å²) >= 11 is 0. The minimum atomic E-state index is -0.966. The first kappa shape index (κ1) is 27.4. The van der Waals surface area contributed by atoms with E-state index < -0.39 is 5.60 Å². The molecule has 1 aromatic carbocycles. The molecule has 2 fully saturated rings. The maximum absolute atomic E-state index is 13.9. The van der Waals surface area contributed by atoms with Crippen molar-refractivity contribution in [3.8, 4) is 5.75 Å². The van der Waals surface area contributed by atoms with Gasteiger partial charge >= 0.3 is 0 Å². The van der Waals surface area contributed by atoms with Crippen LogP contribution in [0.3, 0.4) is 0 Å². The molecule has 1 saturated heterocycles. The lowest BCUT2D eigenvalue weighted by Crippen LogP contribution is -2.53. The minimum Gasteiger partial charge on any atom is -0.476 e. The molecule has 3 aliphatic rings. The Bertz CT molecular complexity index is 1010. The van der Waals surface area contributed by atoms with Crippen molar-refractivity contribution >= 4 is 29.1 Å². The number of benzene rings is 1. The average molecular weight is 515 g/mol. The topological polar surface area (TPSA) is 100 Å². The van der Waals surface area contributed by atoms with E-state index in [0.29, 0.717) is 50.5 Å². The average Bonchev–Trinajstić information content (AvgIpc) is 3.71. The number of hydrogen-bond acceptors (Lipinski definition) is 6. The number of carbonyl (C=O) groups excluding carboxylic acids is 3. The number of ether oxygens (including phenoxy) is 2. The molecular weight excluding hydrogens is 472 g/mol. The predicted octanol–water partition coefficient (Wildman–Crippen LogP) is 2.86. The highest BCUT2D eigenvalue weighted by Gasteiger charge is 2.43. The van der Waals surface area contributed by atoms with Crippen LogP contribution in [-0.2, 0) is 19.1 Å². The van der Waals surface area contributed by atoms with Crippen LogP contribution in [0.25, 0.3) is 0 Å². The number of anilines is 2. The largest absolute Gasteiger partial charge is 0.476 e. The molecule has 0 unspecified atom stereocenters. The molecule has 1 aliphatic carbocycles. The Morgan fingerprint density at radius 3 is 2.68 bits per heavy atom. The van der Waals surface area contributed by atoms with Gasteiger partial charge in [-0.2, -0.15) is 0 Å². The van der Waals surface area contributed by atoms with Crippen LogP contribution in [0.15, 0.2) is 18.2 Å². The van der Waals surface area contributed by atoms with E-state index in [0.717, 1.165) is 24.9 Å². The van der Waals surface area contributed by atoms with Crippen LogP contribution in [0, 0.1) is 11.8 Å². The van der Waals surface area contributed by atoms with Crippen molar-refractivity contribution < 1.29 is 23.9 Å². The van der Waals surface area contributed by atoms with Crippen molar-refractivity contribution in [2.24, 2.45) is 11.8 Å². The molecule has 4 rings (SSSR count). The van der Waals surface area contributed by atoms with Crippen molar-refractivity contribution in [1.29, 1.82) is 0 Å². The number of carbonyl (C=O) groups is 3. The number of rotatable bonds is 10. The zero-order chi connectivity index (χ0) is 26.7. The molecule has 9 nitrogen and oxygen atoms in total. The first-order valence-electron chi connectivity index (χ1n) is 13.6. The molecule has 0 radical (unpaired) electrons. The molecule has 0 spiro atoms. The van der Waals surface area contributed by atoms with Crippen molar-refractivity contribution in [2.45, 2.75) is 77.5 Å². The third-order valence-electron chi connectivity index (χ3n) is 7.59. The molecule has 9 heteroatoms. The molecule has 1 aromatic rings.